The van der Waals surface area contributed by atoms with E-state index < -0.39 is 10.7 Å². The van der Waals surface area contributed by atoms with Crippen molar-refractivity contribution in [2.24, 2.45) is 0 Å². The number of rotatable bonds is 2. The largest absolute Gasteiger partial charge is 0.253 e. The van der Waals surface area contributed by atoms with Crippen LogP contribution in [0.15, 0.2) is 30.5 Å². The van der Waals surface area contributed by atoms with Crippen LogP contribution in [0.4, 0.5) is 0 Å². The number of fused-ring (bicyclic) bond motifs is 1. The van der Waals surface area contributed by atoms with Crippen LogP contribution in [0.3, 0.4) is 0 Å². The van der Waals surface area contributed by atoms with Crippen molar-refractivity contribution >= 4 is 21.7 Å². The third kappa shape index (κ3) is 1.88. The van der Waals surface area contributed by atoms with E-state index in [1.807, 2.05) is 24.3 Å². The molecule has 0 aliphatic carbocycles. The fourth-order valence-electron chi connectivity index (χ4n) is 1.20. The molecule has 0 bridgehead atoms. The molecule has 0 amide bonds. The first kappa shape index (κ1) is 9.08. The molecule has 0 aliphatic heterocycles. The Labute approximate surface area is 82.6 Å². The molecular formula is C9H8N2O2S. The predicted molar refractivity (Wildman–Crippen MR) is 53.6 cm³/mol. The molecule has 0 unspecified atom stereocenters. The molecule has 72 valence electrons. The van der Waals surface area contributed by atoms with Gasteiger partial charge >= 0.3 is 0 Å². The first-order valence-electron chi connectivity index (χ1n) is 4.08. The Kier molecular flexibility index (Phi) is 2.41. The smallest absolute Gasteiger partial charge is 0.145 e. The molecule has 1 aromatic carbocycles. The first-order valence-corrected chi connectivity index (χ1v) is 5.44. The lowest BCUT2D eigenvalue weighted by Crippen LogP contribution is -1.93. The minimum atomic E-state index is -2.43. The Balaban J connectivity index is 2.51. The van der Waals surface area contributed by atoms with E-state index in [0.29, 0.717) is 5.69 Å². The van der Waals surface area contributed by atoms with Crippen LogP contribution in [0.25, 0.3) is 11.0 Å². The molecule has 0 fully saturated rings. The van der Waals surface area contributed by atoms with Gasteiger partial charge in [-0.1, -0.05) is 12.1 Å². The number of aromatic nitrogens is 2. The number of thiol groups is 1. The van der Waals surface area contributed by atoms with E-state index in [1.165, 1.54) is 6.20 Å². The van der Waals surface area contributed by atoms with Crippen molar-refractivity contribution < 1.29 is 8.42 Å². The molecule has 5 heteroatoms. The van der Waals surface area contributed by atoms with Crippen molar-refractivity contribution in [1.29, 1.82) is 0 Å². The minimum Gasteiger partial charge on any atom is -0.253 e. The Morgan fingerprint density at radius 1 is 1.14 bits per heavy atom. The lowest BCUT2D eigenvalue weighted by molar-refractivity contribution is 0.613. The van der Waals surface area contributed by atoms with Gasteiger partial charge in [-0.2, -0.15) is 0 Å². The lowest BCUT2D eigenvalue weighted by Gasteiger charge is -1.97. The Morgan fingerprint density at radius 3 is 2.57 bits per heavy atom. The van der Waals surface area contributed by atoms with Crippen molar-refractivity contribution in [3.8, 4) is 0 Å². The standard InChI is InChI=1S/C9H8N2O2S/c12-14(13)6-7-5-10-8-3-1-2-4-9(8)11-7/h1-5,14H,6H2. The summed E-state index contributed by atoms with van der Waals surface area (Å²) in [6.45, 7) is 0. The molecular weight excluding hydrogens is 200 g/mol. The van der Waals surface area contributed by atoms with E-state index in [9.17, 15) is 8.42 Å². The van der Waals surface area contributed by atoms with E-state index in [0.717, 1.165) is 11.0 Å². The van der Waals surface area contributed by atoms with Crippen molar-refractivity contribution in [1.82, 2.24) is 9.97 Å². The molecule has 1 heterocycles. The van der Waals surface area contributed by atoms with Crippen LogP contribution >= 0.6 is 0 Å². The van der Waals surface area contributed by atoms with Gasteiger partial charge in [0, 0.05) is 0 Å². The van der Waals surface area contributed by atoms with E-state index in [4.69, 9.17) is 0 Å². The molecule has 0 saturated heterocycles. The molecule has 2 aromatic rings. The number of hydrogen-bond acceptors (Lipinski definition) is 4. The summed E-state index contributed by atoms with van der Waals surface area (Å²) < 4.78 is 20.9. The van der Waals surface area contributed by atoms with Crippen molar-refractivity contribution in [2.75, 3.05) is 0 Å². The summed E-state index contributed by atoms with van der Waals surface area (Å²) in [6.07, 6.45) is 1.49. The maximum atomic E-state index is 10.5. The highest BCUT2D eigenvalue weighted by Crippen LogP contribution is 2.08. The molecule has 0 spiro atoms. The van der Waals surface area contributed by atoms with Crippen molar-refractivity contribution in [3.05, 3.63) is 36.2 Å². The maximum absolute atomic E-state index is 10.5. The summed E-state index contributed by atoms with van der Waals surface area (Å²) in [5.74, 6) is -0.0484. The second-order valence-electron chi connectivity index (χ2n) is 2.84. The number of nitrogens with zero attached hydrogens (tertiary/aromatic N) is 2. The maximum Gasteiger partial charge on any atom is 0.145 e. The van der Waals surface area contributed by atoms with Gasteiger partial charge < -0.3 is 0 Å². The number of para-hydroxylation sites is 2. The Hall–Kier alpha value is -1.49. The summed E-state index contributed by atoms with van der Waals surface area (Å²) >= 11 is 0. The van der Waals surface area contributed by atoms with Gasteiger partial charge in [-0.05, 0) is 12.1 Å². The van der Waals surface area contributed by atoms with Gasteiger partial charge in [0.1, 0.15) is 10.7 Å². The Morgan fingerprint density at radius 2 is 1.86 bits per heavy atom. The lowest BCUT2D eigenvalue weighted by atomic mass is 10.3. The fraction of sp³-hybridized carbons (Fsp3) is 0.111. The highest BCUT2D eigenvalue weighted by molar-refractivity contribution is 7.71. The van der Waals surface area contributed by atoms with Crippen LogP contribution in [0.1, 0.15) is 5.69 Å². The van der Waals surface area contributed by atoms with Gasteiger partial charge in [-0.3, -0.25) is 4.98 Å². The van der Waals surface area contributed by atoms with Gasteiger partial charge in [-0.25, -0.2) is 13.4 Å². The second-order valence-corrected chi connectivity index (χ2v) is 3.82. The zero-order valence-electron chi connectivity index (χ0n) is 7.25. The van der Waals surface area contributed by atoms with Crippen LogP contribution in [0.5, 0.6) is 0 Å². The molecule has 0 aliphatic rings. The second kappa shape index (κ2) is 3.71. The van der Waals surface area contributed by atoms with Crippen LogP contribution in [-0.4, -0.2) is 18.4 Å². The average Bonchev–Trinajstić information content (AvgIpc) is 2.17. The number of hydrogen-bond donors (Lipinski definition) is 1. The third-order valence-corrected chi connectivity index (χ3v) is 2.37. The molecule has 4 nitrogen and oxygen atoms in total. The summed E-state index contributed by atoms with van der Waals surface area (Å²) in [4.78, 5) is 8.27. The summed E-state index contributed by atoms with van der Waals surface area (Å²) in [6, 6.07) is 7.36. The molecule has 0 atom stereocenters. The molecule has 1 aromatic heterocycles. The highest BCUT2D eigenvalue weighted by atomic mass is 32.2. The van der Waals surface area contributed by atoms with Crippen LogP contribution in [0.2, 0.25) is 0 Å². The third-order valence-electron chi connectivity index (χ3n) is 1.79. The van der Waals surface area contributed by atoms with E-state index in [1.54, 1.807) is 0 Å². The SMILES string of the molecule is O=[SH](=O)Cc1cnc2ccccc2n1. The summed E-state index contributed by atoms with van der Waals surface area (Å²) in [5, 5.41) is 0. The van der Waals surface area contributed by atoms with E-state index in [-0.39, 0.29) is 5.75 Å². The molecule has 0 N–H and O–H groups in total. The van der Waals surface area contributed by atoms with Crippen molar-refractivity contribution in [3.63, 3.8) is 0 Å². The van der Waals surface area contributed by atoms with Crippen LogP contribution in [-0.2, 0) is 16.5 Å². The minimum absolute atomic E-state index is 0.0484. The molecule has 2 rings (SSSR count). The first-order chi connectivity index (χ1) is 6.75. The van der Waals surface area contributed by atoms with Gasteiger partial charge in [0.05, 0.1) is 28.7 Å². The Bertz CT molecular complexity index is 529. The normalized spacial score (nSPS) is 10.9. The molecule has 0 radical (unpaired) electrons. The van der Waals surface area contributed by atoms with Crippen molar-refractivity contribution in [2.45, 2.75) is 5.75 Å². The van der Waals surface area contributed by atoms with Gasteiger partial charge in [-0.15, -0.1) is 0 Å². The summed E-state index contributed by atoms with van der Waals surface area (Å²) in [7, 11) is -2.43. The topological polar surface area (TPSA) is 59.9 Å². The van der Waals surface area contributed by atoms with Gasteiger partial charge in [0.25, 0.3) is 0 Å². The average molecular weight is 208 g/mol. The van der Waals surface area contributed by atoms with Gasteiger partial charge in [0.2, 0.25) is 0 Å². The van der Waals surface area contributed by atoms with E-state index in [2.05, 4.69) is 9.97 Å². The highest BCUT2D eigenvalue weighted by Gasteiger charge is 1.99. The fourth-order valence-corrected chi connectivity index (χ4v) is 1.62. The predicted octanol–water partition coefficient (Wildman–Crippen LogP) is 0.741. The number of benzene rings is 1. The molecule has 14 heavy (non-hydrogen) atoms. The summed E-state index contributed by atoms with van der Waals surface area (Å²) in [5.41, 5.74) is 1.99. The van der Waals surface area contributed by atoms with E-state index >= 15 is 0 Å². The van der Waals surface area contributed by atoms with Gasteiger partial charge in [0.15, 0.2) is 0 Å². The quantitative estimate of drug-likeness (QED) is 0.739. The van der Waals surface area contributed by atoms with Crippen LogP contribution in [0, 0.1) is 0 Å². The monoisotopic (exact) mass is 208 g/mol. The van der Waals surface area contributed by atoms with Crippen LogP contribution < -0.4 is 0 Å². The molecule has 0 saturated carbocycles. The zero-order valence-corrected chi connectivity index (χ0v) is 8.15. The zero-order chi connectivity index (χ0) is 9.97.